The number of hydrogen-bond acceptors (Lipinski definition) is 2. The Labute approximate surface area is 109 Å². The van der Waals surface area contributed by atoms with Gasteiger partial charge in [-0.3, -0.25) is 0 Å². The lowest BCUT2D eigenvalue weighted by atomic mass is 10.2. The highest BCUT2D eigenvalue weighted by Crippen LogP contribution is 2.53. The fraction of sp³-hybridized carbons (Fsp3) is 1.00. The minimum absolute atomic E-state index is 1.13. The lowest BCUT2D eigenvalue weighted by Crippen LogP contribution is -2.63. The fourth-order valence-electron chi connectivity index (χ4n) is 0.692. The quantitative estimate of drug-likeness (QED) is 0.524. The summed E-state index contributed by atoms with van der Waals surface area (Å²) in [6.07, 6.45) is -21.9. The van der Waals surface area contributed by atoms with Crippen LogP contribution >= 0.6 is 0 Å². The molecule has 1 atom stereocenters. The summed E-state index contributed by atoms with van der Waals surface area (Å²) in [4.78, 5) is 1.13. The Hall–Kier alpha value is -1.06. The molecule has 16 heteroatoms. The third-order valence-electron chi connectivity index (χ3n) is 1.81. The molecule has 0 N–H and O–H groups in total. The van der Waals surface area contributed by atoms with Crippen molar-refractivity contribution in [3.05, 3.63) is 0 Å². The monoisotopic (exact) mass is 370 g/mol. The maximum absolute atomic E-state index is 12.7. The van der Waals surface area contributed by atoms with Crippen LogP contribution in [0.1, 0.15) is 0 Å². The lowest BCUT2D eigenvalue weighted by molar-refractivity contribution is -0.566. The van der Waals surface area contributed by atoms with Crippen LogP contribution in [0.3, 0.4) is 0 Å². The minimum atomic E-state index is -7.46. The van der Waals surface area contributed by atoms with Crippen molar-refractivity contribution in [1.29, 1.82) is 0 Å². The second-order valence-electron chi connectivity index (χ2n) is 3.38. The highest BCUT2D eigenvalue weighted by molar-refractivity contribution is 4.91. The van der Waals surface area contributed by atoms with Crippen LogP contribution in [0.25, 0.3) is 0 Å². The Morgan fingerprint density at radius 2 is 0.818 bits per heavy atom. The van der Waals surface area contributed by atoms with E-state index in [1.165, 1.54) is 4.74 Å². The van der Waals surface area contributed by atoms with E-state index in [4.69, 9.17) is 0 Å². The van der Waals surface area contributed by atoms with E-state index in [1.807, 2.05) is 0 Å². The molecule has 0 aliphatic heterocycles. The molecule has 0 saturated carbocycles. The molecule has 0 aliphatic carbocycles. The van der Waals surface area contributed by atoms with Crippen LogP contribution in [0.5, 0.6) is 0 Å². The summed E-state index contributed by atoms with van der Waals surface area (Å²) in [5, 5.41) is 0. The molecule has 0 amide bonds. The largest absolute Gasteiger partial charge is 0.462 e. The zero-order chi connectivity index (χ0) is 18.4. The molecule has 0 radical (unpaired) electrons. The van der Waals surface area contributed by atoms with E-state index in [9.17, 15) is 61.6 Å². The number of alkyl halides is 13. The second kappa shape index (κ2) is 5.24. The van der Waals surface area contributed by atoms with Crippen molar-refractivity contribution in [2.45, 2.75) is 36.3 Å². The minimum Gasteiger partial charge on any atom is -0.247 e. The Morgan fingerprint density at radius 3 is 1.05 bits per heavy atom. The first-order valence-corrected chi connectivity index (χ1v) is 4.22. The second-order valence-corrected chi connectivity index (χ2v) is 3.38. The summed E-state index contributed by atoms with van der Waals surface area (Å²) in [6, 6.07) is -7.02. The fourth-order valence-corrected chi connectivity index (χ4v) is 0.692. The maximum atomic E-state index is 12.7. The highest BCUT2D eigenvalue weighted by Gasteiger charge is 2.82. The smallest absolute Gasteiger partial charge is 0.247 e. The van der Waals surface area contributed by atoms with E-state index in [0.717, 1.165) is 4.94 Å². The predicted molar refractivity (Wildman–Crippen MR) is 34.1 cm³/mol. The van der Waals surface area contributed by atoms with Crippen LogP contribution in [0.4, 0.5) is 61.6 Å². The van der Waals surface area contributed by atoms with E-state index in [0.29, 0.717) is 0 Å². The van der Waals surface area contributed by atoms with Gasteiger partial charge in [0.1, 0.15) is 0 Å². The van der Waals surface area contributed by atoms with Crippen molar-refractivity contribution in [2.75, 3.05) is 0 Å². The van der Waals surface area contributed by atoms with E-state index < -0.39 is 36.3 Å². The molecule has 1 unspecified atom stereocenters. The van der Waals surface area contributed by atoms with Gasteiger partial charge >= 0.3 is 36.3 Å². The van der Waals surface area contributed by atoms with Crippen molar-refractivity contribution >= 4 is 0 Å². The van der Waals surface area contributed by atoms with Gasteiger partial charge in [-0.15, -0.1) is 4.94 Å². The van der Waals surface area contributed by atoms with Crippen LogP contribution in [0.2, 0.25) is 0 Å². The predicted octanol–water partition coefficient (Wildman–Crippen LogP) is 4.52. The first kappa shape index (κ1) is 20.9. The molecule has 0 rings (SSSR count). The van der Waals surface area contributed by atoms with E-state index in [-0.39, 0.29) is 0 Å². The molecule has 0 saturated heterocycles. The van der Waals surface area contributed by atoms with Crippen molar-refractivity contribution < 1.29 is 71.3 Å². The highest BCUT2D eigenvalue weighted by atomic mass is 19.4. The summed E-state index contributed by atoms with van der Waals surface area (Å²) in [6.45, 7) is 0. The van der Waals surface area contributed by atoms with Crippen LogP contribution in [-0.4, -0.2) is 36.3 Å². The topological polar surface area (TPSA) is 18.5 Å². The van der Waals surface area contributed by atoms with Gasteiger partial charge < -0.3 is 0 Å². The van der Waals surface area contributed by atoms with Crippen LogP contribution in [0.15, 0.2) is 0 Å². The van der Waals surface area contributed by atoms with Gasteiger partial charge in [-0.2, -0.15) is 57.1 Å². The van der Waals surface area contributed by atoms with Gasteiger partial charge in [-0.25, -0.2) is 4.74 Å². The summed E-state index contributed by atoms with van der Waals surface area (Å²) < 4.78 is 169. The molecule has 2 nitrogen and oxygen atoms in total. The summed E-state index contributed by atoms with van der Waals surface area (Å²) >= 11 is 0. The Kier molecular flexibility index (Phi) is 4.99. The van der Waals surface area contributed by atoms with E-state index >= 15 is 0 Å². The SMILES string of the molecule is FOC(F)(OC(F)(F)C(F)(F)C(F)(F)F)C(F)(F)C(F)(F)F. The third-order valence-corrected chi connectivity index (χ3v) is 1.81. The van der Waals surface area contributed by atoms with Crippen molar-refractivity contribution in [3.63, 3.8) is 0 Å². The van der Waals surface area contributed by atoms with Gasteiger partial charge in [0.25, 0.3) is 0 Å². The molecular formula is C6F14O2. The zero-order valence-corrected chi connectivity index (χ0v) is 9.11. The first-order valence-electron chi connectivity index (χ1n) is 4.22. The molecule has 0 heterocycles. The first-order chi connectivity index (χ1) is 9.27. The molecule has 0 aromatic heterocycles. The summed E-state index contributed by atoms with van der Waals surface area (Å²) in [7, 11) is 0. The molecule has 22 heavy (non-hydrogen) atoms. The normalized spacial score (nSPS) is 18.3. The maximum Gasteiger partial charge on any atom is 0.462 e. The molecule has 0 spiro atoms. The van der Waals surface area contributed by atoms with Gasteiger partial charge in [-0.1, -0.05) is 0 Å². The average Bonchev–Trinajstić information content (AvgIpc) is 2.24. The third kappa shape index (κ3) is 3.16. The molecule has 0 aromatic rings. The molecule has 0 aromatic carbocycles. The standard InChI is InChI=1S/C6F14O2/c7-1(8,3(11,12)13)5(17,18)21-6(19,22-20)2(9,10)4(14,15)16. The number of halogens is 14. The van der Waals surface area contributed by atoms with Gasteiger partial charge in [0.05, 0.1) is 0 Å². The molecule has 0 fully saturated rings. The van der Waals surface area contributed by atoms with Gasteiger partial charge in [0, 0.05) is 0 Å². The molecule has 134 valence electrons. The van der Waals surface area contributed by atoms with Crippen LogP contribution in [0, 0.1) is 0 Å². The number of ether oxygens (including phenoxy) is 1. The number of hydrogen-bond donors (Lipinski definition) is 0. The van der Waals surface area contributed by atoms with E-state index in [1.54, 1.807) is 0 Å². The zero-order valence-electron chi connectivity index (χ0n) is 9.11. The lowest BCUT2D eigenvalue weighted by Gasteiger charge is -2.35. The van der Waals surface area contributed by atoms with Gasteiger partial charge in [0.2, 0.25) is 0 Å². The molecular weight excluding hydrogens is 370 g/mol. The molecule has 0 aliphatic rings. The average molecular weight is 370 g/mol. The molecule has 0 bridgehead atoms. The van der Waals surface area contributed by atoms with Crippen LogP contribution in [-0.2, 0) is 9.68 Å². The van der Waals surface area contributed by atoms with E-state index in [2.05, 4.69) is 0 Å². The Morgan fingerprint density at radius 1 is 0.500 bits per heavy atom. The van der Waals surface area contributed by atoms with Crippen LogP contribution < -0.4 is 0 Å². The van der Waals surface area contributed by atoms with Gasteiger partial charge in [-0.05, 0) is 4.53 Å². The Bertz CT molecular complexity index is 395. The van der Waals surface area contributed by atoms with Crippen molar-refractivity contribution in [1.82, 2.24) is 0 Å². The summed E-state index contributed by atoms with van der Waals surface area (Å²) in [5.41, 5.74) is 0. The summed E-state index contributed by atoms with van der Waals surface area (Å²) in [5.74, 6) is -14.8. The van der Waals surface area contributed by atoms with Crippen molar-refractivity contribution in [2.24, 2.45) is 0 Å². The van der Waals surface area contributed by atoms with Gasteiger partial charge in [0.15, 0.2) is 0 Å². The number of rotatable bonds is 5. The van der Waals surface area contributed by atoms with Crippen molar-refractivity contribution in [3.8, 4) is 0 Å². The Balaban J connectivity index is 5.85.